The van der Waals surface area contributed by atoms with Gasteiger partial charge in [0.05, 0.1) is 12.4 Å². The van der Waals surface area contributed by atoms with Crippen molar-refractivity contribution < 1.29 is 14.9 Å². The SMILES string of the molecule is C[C@H]1OC(n2cnc3c(N)nc(Cl)nc32)[C@H](O)[C@@H]1O. The third kappa shape index (κ3) is 1.84. The van der Waals surface area contributed by atoms with Gasteiger partial charge in [0, 0.05) is 0 Å². The lowest BCUT2D eigenvalue weighted by Gasteiger charge is -2.16. The monoisotopic (exact) mass is 285 g/mol. The lowest BCUT2D eigenvalue weighted by atomic mass is 10.1. The number of nitrogens with two attached hydrogens (primary N) is 1. The Labute approximate surface area is 112 Å². The molecular formula is C10H12ClN5O3. The summed E-state index contributed by atoms with van der Waals surface area (Å²) in [5.74, 6) is 0.148. The van der Waals surface area contributed by atoms with Crippen LogP contribution in [0.15, 0.2) is 6.33 Å². The minimum absolute atomic E-state index is 0.0205. The van der Waals surface area contributed by atoms with Crippen molar-refractivity contribution in [3.05, 3.63) is 11.6 Å². The number of hydrogen-bond acceptors (Lipinski definition) is 7. The fourth-order valence-corrected chi connectivity index (χ4v) is 2.33. The van der Waals surface area contributed by atoms with E-state index < -0.39 is 24.5 Å². The maximum atomic E-state index is 9.97. The molecule has 1 aliphatic rings. The minimum Gasteiger partial charge on any atom is -0.388 e. The van der Waals surface area contributed by atoms with Crippen LogP contribution >= 0.6 is 11.6 Å². The van der Waals surface area contributed by atoms with Crippen LogP contribution in [0.3, 0.4) is 0 Å². The Balaban J connectivity index is 2.11. The number of fused-ring (bicyclic) bond motifs is 1. The molecule has 8 nitrogen and oxygen atoms in total. The summed E-state index contributed by atoms with van der Waals surface area (Å²) < 4.78 is 6.98. The number of halogens is 1. The Morgan fingerprint density at radius 1 is 1.37 bits per heavy atom. The summed E-state index contributed by atoms with van der Waals surface area (Å²) >= 11 is 5.76. The van der Waals surface area contributed by atoms with Crippen LogP contribution in [0.1, 0.15) is 13.2 Å². The second kappa shape index (κ2) is 4.27. The molecule has 0 spiro atoms. The summed E-state index contributed by atoms with van der Waals surface area (Å²) in [6.07, 6.45) is -1.92. The van der Waals surface area contributed by atoms with Crippen LogP contribution < -0.4 is 5.73 Å². The predicted molar refractivity (Wildman–Crippen MR) is 66.3 cm³/mol. The lowest BCUT2D eigenvalue weighted by molar-refractivity contribution is -0.0299. The predicted octanol–water partition coefficient (Wildman–Crippen LogP) is -0.299. The van der Waals surface area contributed by atoms with Gasteiger partial charge in [0.25, 0.3) is 0 Å². The standard InChI is InChI=1S/C10H12ClN5O3/c1-3-5(17)6(18)9(19-3)16-2-13-4-7(12)14-10(11)15-8(4)16/h2-3,5-6,9,17-18H,1H3,(H2,12,14,15)/t3-,5-,6-,9?/m1/s1. The van der Waals surface area contributed by atoms with Crippen molar-refractivity contribution in [3.8, 4) is 0 Å². The van der Waals surface area contributed by atoms with Gasteiger partial charge in [-0.25, -0.2) is 4.98 Å². The van der Waals surface area contributed by atoms with Crippen molar-refractivity contribution in [3.63, 3.8) is 0 Å². The first-order valence-corrected chi connectivity index (χ1v) is 6.04. The number of nitrogen functional groups attached to an aromatic ring is 1. The maximum Gasteiger partial charge on any atom is 0.226 e. The van der Waals surface area contributed by atoms with Gasteiger partial charge in [0.2, 0.25) is 5.28 Å². The van der Waals surface area contributed by atoms with E-state index in [1.165, 1.54) is 10.9 Å². The zero-order chi connectivity index (χ0) is 13.7. The van der Waals surface area contributed by atoms with Crippen molar-refractivity contribution in [1.82, 2.24) is 19.5 Å². The zero-order valence-electron chi connectivity index (χ0n) is 9.93. The third-order valence-corrected chi connectivity index (χ3v) is 3.34. The van der Waals surface area contributed by atoms with Gasteiger partial charge >= 0.3 is 0 Å². The highest BCUT2D eigenvalue weighted by Crippen LogP contribution is 2.32. The maximum absolute atomic E-state index is 9.97. The minimum atomic E-state index is -1.08. The summed E-state index contributed by atoms with van der Waals surface area (Å²) in [7, 11) is 0. The van der Waals surface area contributed by atoms with Gasteiger partial charge in [-0.2, -0.15) is 9.97 Å². The number of aliphatic hydroxyl groups is 2. The Kier molecular flexibility index (Phi) is 2.82. The van der Waals surface area contributed by atoms with E-state index in [0.717, 1.165) is 0 Å². The number of rotatable bonds is 1. The molecule has 4 N–H and O–H groups in total. The molecule has 9 heteroatoms. The molecule has 2 aromatic rings. The fourth-order valence-electron chi connectivity index (χ4n) is 2.15. The molecule has 0 aromatic carbocycles. The van der Waals surface area contributed by atoms with Crippen molar-refractivity contribution in [2.45, 2.75) is 31.5 Å². The van der Waals surface area contributed by atoms with E-state index in [4.69, 9.17) is 22.1 Å². The van der Waals surface area contributed by atoms with Crippen LogP contribution in [0.25, 0.3) is 11.2 Å². The van der Waals surface area contributed by atoms with E-state index >= 15 is 0 Å². The van der Waals surface area contributed by atoms with E-state index in [1.807, 2.05) is 0 Å². The molecule has 19 heavy (non-hydrogen) atoms. The molecule has 1 unspecified atom stereocenters. The highest BCUT2D eigenvalue weighted by Gasteiger charge is 2.42. The molecule has 0 bridgehead atoms. The quantitative estimate of drug-likeness (QED) is 0.615. The largest absolute Gasteiger partial charge is 0.388 e. The van der Waals surface area contributed by atoms with Crippen molar-refractivity contribution in [1.29, 1.82) is 0 Å². The molecule has 4 atom stereocenters. The van der Waals surface area contributed by atoms with Crippen LogP contribution in [-0.2, 0) is 4.74 Å². The van der Waals surface area contributed by atoms with Gasteiger partial charge in [-0.3, -0.25) is 4.57 Å². The van der Waals surface area contributed by atoms with Crippen molar-refractivity contribution in [2.24, 2.45) is 0 Å². The Bertz CT molecular complexity index is 633. The number of nitrogens with zero attached hydrogens (tertiary/aromatic N) is 4. The molecule has 0 amide bonds. The number of imidazole rings is 1. The van der Waals surface area contributed by atoms with Crippen LogP contribution in [0.5, 0.6) is 0 Å². The zero-order valence-corrected chi connectivity index (χ0v) is 10.7. The summed E-state index contributed by atoms with van der Waals surface area (Å²) in [6.45, 7) is 1.67. The molecule has 3 heterocycles. The van der Waals surface area contributed by atoms with Crippen molar-refractivity contribution in [2.75, 3.05) is 5.73 Å². The summed E-state index contributed by atoms with van der Waals surface area (Å²) in [4.78, 5) is 11.9. The summed E-state index contributed by atoms with van der Waals surface area (Å²) in [5.41, 5.74) is 6.41. The molecular weight excluding hydrogens is 274 g/mol. The van der Waals surface area contributed by atoms with E-state index in [1.54, 1.807) is 6.92 Å². The first-order chi connectivity index (χ1) is 8.99. The topological polar surface area (TPSA) is 119 Å². The number of ether oxygens (including phenoxy) is 1. The number of aliphatic hydroxyl groups excluding tert-OH is 2. The Morgan fingerprint density at radius 2 is 2.11 bits per heavy atom. The number of aromatic nitrogens is 4. The number of anilines is 1. The highest BCUT2D eigenvalue weighted by molar-refractivity contribution is 6.28. The van der Waals surface area contributed by atoms with E-state index in [9.17, 15) is 10.2 Å². The molecule has 2 aromatic heterocycles. The molecule has 1 saturated heterocycles. The van der Waals surface area contributed by atoms with E-state index in [2.05, 4.69) is 15.0 Å². The fraction of sp³-hybridized carbons (Fsp3) is 0.500. The molecule has 0 saturated carbocycles. The van der Waals surface area contributed by atoms with Gasteiger partial charge < -0.3 is 20.7 Å². The average Bonchev–Trinajstić information content (AvgIpc) is 2.86. The molecule has 3 rings (SSSR count). The molecule has 1 aliphatic heterocycles. The molecule has 1 fully saturated rings. The van der Waals surface area contributed by atoms with Gasteiger partial charge in [0.1, 0.15) is 17.7 Å². The Morgan fingerprint density at radius 3 is 2.74 bits per heavy atom. The lowest BCUT2D eigenvalue weighted by Crippen LogP contribution is -2.30. The van der Waals surface area contributed by atoms with Crippen LogP contribution in [-0.4, -0.2) is 48.0 Å². The third-order valence-electron chi connectivity index (χ3n) is 3.17. The highest BCUT2D eigenvalue weighted by atomic mass is 35.5. The molecule has 102 valence electrons. The van der Waals surface area contributed by atoms with E-state index in [0.29, 0.717) is 11.2 Å². The van der Waals surface area contributed by atoms with E-state index in [-0.39, 0.29) is 11.1 Å². The van der Waals surface area contributed by atoms with Crippen molar-refractivity contribution >= 4 is 28.6 Å². The second-order valence-corrected chi connectivity index (χ2v) is 4.75. The average molecular weight is 286 g/mol. The van der Waals surface area contributed by atoms with Gasteiger partial charge in [0.15, 0.2) is 17.7 Å². The molecule has 0 radical (unpaired) electrons. The number of hydrogen-bond donors (Lipinski definition) is 3. The molecule has 0 aliphatic carbocycles. The van der Waals surface area contributed by atoms with Crippen LogP contribution in [0, 0.1) is 0 Å². The first-order valence-electron chi connectivity index (χ1n) is 5.66. The summed E-state index contributed by atoms with van der Waals surface area (Å²) in [6, 6.07) is 0. The van der Waals surface area contributed by atoms with Crippen LogP contribution in [0.2, 0.25) is 5.28 Å². The smallest absolute Gasteiger partial charge is 0.226 e. The Hall–Kier alpha value is -1.48. The second-order valence-electron chi connectivity index (χ2n) is 4.41. The first kappa shape index (κ1) is 12.5. The van der Waals surface area contributed by atoms with Gasteiger partial charge in [-0.1, -0.05) is 0 Å². The van der Waals surface area contributed by atoms with Gasteiger partial charge in [-0.05, 0) is 18.5 Å². The van der Waals surface area contributed by atoms with Gasteiger partial charge in [-0.15, -0.1) is 0 Å². The summed E-state index contributed by atoms with van der Waals surface area (Å²) in [5, 5.41) is 19.7. The normalized spacial score (nSPS) is 31.2. The van der Waals surface area contributed by atoms with Crippen LogP contribution in [0.4, 0.5) is 5.82 Å².